The van der Waals surface area contributed by atoms with Gasteiger partial charge in [-0.3, -0.25) is 0 Å². The molecule has 2 N–H and O–H groups in total. The number of hydrogen-bond acceptors (Lipinski definition) is 3. The molecule has 0 aliphatic heterocycles. The molecule has 1 atom stereocenters. The van der Waals surface area contributed by atoms with Crippen molar-refractivity contribution in [3.8, 4) is 0 Å². The number of likely N-dealkylation sites (N-methyl/N-ethyl adjacent to an activating group) is 1. The van der Waals surface area contributed by atoms with Gasteiger partial charge in [-0.15, -0.1) is 0 Å². The zero-order chi connectivity index (χ0) is 12.7. The molecule has 0 aromatic heterocycles. The number of aliphatic hydroxyl groups excluding tert-OH is 1. The minimum atomic E-state index is -0.239. The van der Waals surface area contributed by atoms with E-state index in [1.807, 2.05) is 19.0 Å². The first-order valence-corrected chi connectivity index (χ1v) is 7.11. The molecule has 0 aromatic rings. The van der Waals surface area contributed by atoms with Crippen LogP contribution in [0.1, 0.15) is 39.0 Å². The van der Waals surface area contributed by atoms with E-state index in [2.05, 4.69) is 12.2 Å². The molecule has 0 heterocycles. The maximum atomic E-state index is 9.69. The van der Waals surface area contributed by atoms with Crippen molar-refractivity contribution < 1.29 is 5.11 Å². The molecule has 102 valence electrons. The summed E-state index contributed by atoms with van der Waals surface area (Å²) in [4.78, 5) is 2.02. The van der Waals surface area contributed by atoms with Crippen LogP contribution in [-0.2, 0) is 0 Å². The molecule has 0 saturated heterocycles. The summed E-state index contributed by atoms with van der Waals surface area (Å²) in [7, 11) is 3.98. The number of nitrogens with one attached hydrogen (secondary N) is 1. The Balaban J connectivity index is 1.97. The van der Waals surface area contributed by atoms with Crippen molar-refractivity contribution in [2.75, 3.05) is 33.7 Å². The highest BCUT2D eigenvalue weighted by atomic mass is 16.3. The molecule has 3 heteroatoms. The Labute approximate surface area is 107 Å². The van der Waals surface area contributed by atoms with E-state index < -0.39 is 0 Å². The zero-order valence-electron chi connectivity index (χ0n) is 11.8. The number of nitrogens with zero attached hydrogens (tertiary/aromatic N) is 1. The van der Waals surface area contributed by atoms with Gasteiger partial charge < -0.3 is 15.3 Å². The molecule has 1 saturated carbocycles. The van der Waals surface area contributed by atoms with E-state index in [1.165, 1.54) is 32.1 Å². The third kappa shape index (κ3) is 7.02. The average Bonchev–Trinajstić information content (AvgIpc) is 2.26. The molecule has 0 spiro atoms. The summed E-state index contributed by atoms with van der Waals surface area (Å²) in [5.74, 6) is 1.87. The highest BCUT2D eigenvalue weighted by molar-refractivity contribution is 4.71. The fourth-order valence-corrected chi connectivity index (χ4v) is 2.68. The monoisotopic (exact) mass is 242 g/mol. The van der Waals surface area contributed by atoms with E-state index in [0.29, 0.717) is 0 Å². The van der Waals surface area contributed by atoms with Gasteiger partial charge in [0.2, 0.25) is 0 Å². The van der Waals surface area contributed by atoms with Crippen molar-refractivity contribution in [1.82, 2.24) is 10.2 Å². The normalized spacial score (nSPS) is 27.4. The second-order valence-electron chi connectivity index (χ2n) is 6.03. The van der Waals surface area contributed by atoms with Crippen LogP contribution in [0.3, 0.4) is 0 Å². The van der Waals surface area contributed by atoms with Crippen molar-refractivity contribution in [1.29, 1.82) is 0 Å². The Morgan fingerprint density at radius 2 is 1.88 bits per heavy atom. The Bertz CT molecular complexity index is 189. The van der Waals surface area contributed by atoms with Crippen molar-refractivity contribution >= 4 is 0 Å². The van der Waals surface area contributed by atoms with E-state index in [9.17, 15) is 5.11 Å². The van der Waals surface area contributed by atoms with Gasteiger partial charge in [0.1, 0.15) is 0 Å². The highest BCUT2D eigenvalue weighted by Gasteiger charge is 2.17. The Morgan fingerprint density at radius 1 is 1.24 bits per heavy atom. The summed E-state index contributed by atoms with van der Waals surface area (Å²) in [6.45, 7) is 4.89. The Hall–Kier alpha value is -0.120. The summed E-state index contributed by atoms with van der Waals surface area (Å²) in [5, 5.41) is 13.1. The van der Waals surface area contributed by atoms with E-state index in [-0.39, 0.29) is 6.10 Å². The van der Waals surface area contributed by atoms with Gasteiger partial charge in [-0.1, -0.05) is 32.6 Å². The first-order valence-electron chi connectivity index (χ1n) is 7.11. The quantitative estimate of drug-likeness (QED) is 0.667. The molecule has 0 amide bonds. The third-order valence-electron chi connectivity index (χ3n) is 3.82. The van der Waals surface area contributed by atoms with Gasteiger partial charge in [0.25, 0.3) is 0 Å². The number of aliphatic hydroxyl groups is 1. The van der Waals surface area contributed by atoms with Crippen molar-refractivity contribution in [3.05, 3.63) is 0 Å². The Kier molecular flexibility index (Phi) is 7.09. The van der Waals surface area contributed by atoms with E-state index in [1.54, 1.807) is 0 Å². The minimum Gasteiger partial charge on any atom is -0.390 e. The molecular weight excluding hydrogens is 212 g/mol. The van der Waals surface area contributed by atoms with Crippen LogP contribution < -0.4 is 5.32 Å². The summed E-state index contributed by atoms with van der Waals surface area (Å²) >= 11 is 0. The molecule has 1 rings (SSSR count). The van der Waals surface area contributed by atoms with Crippen LogP contribution in [0.4, 0.5) is 0 Å². The standard InChI is InChI=1S/C14H30N2O/c1-12-4-6-13(7-5-12)8-9-15-10-14(17)11-16(2)3/h12-15,17H,4-11H2,1-3H3. The number of rotatable bonds is 7. The summed E-state index contributed by atoms with van der Waals surface area (Å²) in [5.41, 5.74) is 0. The average molecular weight is 242 g/mol. The van der Waals surface area contributed by atoms with E-state index >= 15 is 0 Å². The SMILES string of the molecule is CC1CCC(CCNCC(O)CN(C)C)CC1. The second-order valence-corrected chi connectivity index (χ2v) is 6.03. The summed E-state index contributed by atoms with van der Waals surface area (Å²) < 4.78 is 0. The maximum absolute atomic E-state index is 9.69. The van der Waals surface area contributed by atoms with Gasteiger partial charge >= 0.3 is 0 Å². The third-order valence-corrected chi connectivity index (χ3v) is 3.82. The van der Waals surface area contributed by atoms with Crippen LogP contribution in [0.2, 0.25) is 0 Å². The molecule has 0 bridgehead atoms. The molecule has 1 unspecified atom stereocenters. The molecule has 3 nitrogen and oxygen atoms in total. The van der Waals surface area contributed by atoms with Crippen molar-refractivity contribution in [3.63, 3.8) is 0 Å². The van der Waals surface area contributed by atoms with Gasteiger partial charge in [0.15, 0.2) is 0 Å². The number of hydrogen-bond donors (Lipinski definition) is 2. The second kappa shape index (κ2) is 8.06. The lowest BCUT2D eigenvalue weighted by atomic mass is 9.81. The molecule has 1 aliphatic carbocycles. The van der Waals surface area contributed by atoms with Crippen LogP contribution in [-0.4, -0.2) is 49.8 Å². The fourth-order valence-electron chi connectivity index (χ4n) is 2.68. The minimum absolute atomic E-state index is 0.239. The van der Waals surface area contributed by atoms with Crippen LogP contribution in [0.25, 0.3) is 0 Å². The Morgan fingerprint density at radius 3 is 2.47 bits per heavy atom. The van der Waals surface area contributed by atoms with Crippen molar-refractivity contribution in [2.45, 2.75) is 45.1 Å². The first kappa shape index (κ1) is 14.9. The lowest BCUT2D eigenvalue weighted by Crippen LogP contribution is -2.35. The smallest absolute Gasteiger partial charge is 0.0791 e. The molecule has 1 aliphatic rings. The van der Waals surface area contributed by atoms with Gasteiger partial charge in [0, 0.05) is 13.1 Å². The predicted octanol–water partition coefficient (Wildman–Crippen LogP) is 1.71. The van der Waals surface area contributed by atoms with Crippen LogP contribution in [0.5, 0.6) is 0 Å². The van der Waals surface area contributed by atoms with Crippen LogP contribution in [0, 0.1) is 11.8 Å². The summed E-state index contributed by atoms with van der Waals surface area (Å²) in [6, 6.07) is 0. The molecular formula is C14H30N2O. The largest absolute Gasteiger partial charge is 0.390 e. The molecule has 0 radical (unpaired) electrons. The maximum Gasteiger partial charge on any atom is 0.0791 e. The predicted molar refractivity (Wildman–Crippen MR) is 73.2 cm³/mol. The fraction of sp³-hybridized carbons (Fsp3) is 1.00. The van der Waals surface area contributed by atoms with Gasteiger partial charge in [-0.25, -0.2) is 0 Å². The zero-order valence-corrected chi connectivity index (χ0v) is 11.8. The van der Waals surface area contributed by atoms with E-state index in [4.69, 9.17) is 0 Å². The van der Waals surface area contributed by atoms with Gasteiger partial charge in [-0.05, 0) is 38.9 Å². The molecule has 0 aromatic carbocycles. The van der Waals surface area contributed by atoms with Gasteiger partial charge in [0.05, 0.1) is 6.10 Å². The van der Waals surface area contributed by atoms with Crippen LogP contribution >= 0.6 is 0 Å². The van der Waals surface area contributed by atoms with Crippen molar-refractivity contribution in [2.24, 2.45) is 11.8 Å². The van der Waals surface area contributed by atoms with Gasteiger partial charge in [-0.2, -0.15) is 0 Å². The summed E-state index contributed by atoms with van der Waals surface area (Å²) in [6.07, 6.45) is 6.67. The first-order chi connectivity index (χ1) is 8.08. The highest BCUT2D eigenvalue weighted by Crippen LogP contribution is 2.29. The molecule has 1 fully saturated rings. The van der Waals surface area contributed by atoms with E-state index in [0.717, 1.165) is 31.5 Å². The lowest BCUT2D eigenvalue weighted by Gasteiger charge is -2.26. The topological polar surface area (TPSA) is 35.5 Å². The molecule has 17 heavy (non-hydrogen) atoms. The van der Waals surface area contributed by atoms with Crippen LogP contribution in [0.15, 0.2) is 0 Å². The lowest BCUT2D eigenvalue weighted by molar-refractivity contribution is 0.134.